The first-order valence-electron chi connectivity index (χ1n) is 8.37. The molecule has 1 N–H and O–H groups in total. The number of aromatic nitrogens is 6. The molecule has 0 saturated carbocycles. The quantitative estimate of drug-likeness (QED) is 0.565. The highest BCUT2D eigenvalue weighted by Gasteiger charge is 2.15. The molecule has 7 nitrogen and oxygen atoms in total. The predicted octanol–water partition coefficient (Wildman–Crippen LogP) is 3.64. The third-order valence-corrected chi connectivity index (χ3v) is 5.01. The number of hydrogen-bond donors (Lipinski definition) is 1. The van der Waals surface area contributed by atoms with E-state index >= 15 is 0 Å². The van der Waals surface area contributed by atoms with E-state index in [4.69, 9.17) is 0 Å². The van der Waals surface area contributed by atoms with Crippen LogP contribution in [-0.2, 0) is 6.54 Å². The van der Waals surface area contributed by atoms with Gasteiger partial charge in [0.15, 0.2) is 5.82 Å². The van der Waals surface area contributed by atoms with E-state index < -0.39 is 0 Å². The van der Waals surface area contributed by atoms with Crippen molar-refractivity contribution < 1.29 is 0 Å². The lowest BCUT2D eigenvalue weighted by Gasteiger charge is -2.07. The minimum absolute atomic E-state index is 0.0485. The van der Waals surface area contributed by atoms with Gasteiger partial charge in [-0.25, -0.2) is 0 Å². The number of nitrogens with one attached hydrogen (secondary N) is 1. The Morgan fingerprint density at radius 2 is 1.88 bits per heavy atom. The van der Waals surface area contributed by atoms with Crippen LogP contribution in [0.2, 0.25) is 0 Å². The minimum atomic E-state index is 0.0485. The average molecular weight is 365 g/mol. The summed E-state index contributed by atoms with van der Waals surface area (Å²) in [4.78, 5) is 0. The van der Waals surface area contributed by atoms with Crippen molar-refractivity contribution in [1.29, 1.82) is 0 Å². The van der Waals surface area contributed by atoms with Crippen molar-refractivity contribution in [2.75, 3.05) is 5.32 Å². The van der Waals surface area contributed by atoms with E-state index in [9.17, 15) is 0 Å². The topological polar surface area (TPSA) is 73.5 Å². The summed E-state index contributed by atoms with van der Waals surface area (Å²) in [5.41, 5.74) is 2.20. The van der Waals surface area contributed by atoms with Crippen LogP contribution in [-0.4, -0.2) is 29.8 Å². The van der Waals surface area contributed by atoms with E-state index in [0.717, 1.165) is 28.2 Å². The molecule has 3 aromatic heterocycles. The van der Waals surface area contributed by atoms with Gasteiger partial charge in [0.1, 0.15) is 11.0 Å². The van der Waals surface area contributed by atoms with Crippen molar-refractivity contribution in [3.8, 4) is 0 Å². The van der Waals surface area contributed by atoms with Crippen LogP contribution in [0.15, 0.2) is 54.9 Å². The van der Waals surface area contributed by atoms with Crippen molar-refractivity contribution in [3.05, 3.63) is 71.1 Å². The Morgan fingerprint density at radius 1 is 1.04 bits per heavy atom. The highest BCUT2D eigenvalue weighted by molar-refractivity contribution is 7.15. The van der Waals surface area contributed by atoms with E-state index in [2.05, 4.69) is 44.8 Å². The molecule has 1 aromatic carbocycles. The molecule has 0 saturated heterocycles. The molecule has 1 atom stereocenters. The van der Waals surface area contributed by atoms with Gasteiger partial charge >= 0.3 is 0 Å². The van der Waals surface area contributed by atoms with E-state index in [0.29, 0.717) is 0 Å². The second kappa shape index (κ2) is 7.09. The van der Waals surface area contributed by atoms with Crippen molar-refractivity contribution >= 4 is 22.3 Å². The molecular weight excluding hydrogens is 346 g/mol. The van der Waals surface area contributed by atoms with Crippen molar-refractivity contribution in [2.24, 2.45) is 0 Å². The smallest absolute Gasteiger partial charge is 0.211 e. The van der Waals surface area contributed by atoms with Crippen LogP contribution in [0.4, 0.5) is 10.9 Å². The molecule has 0 amide bonds. The van der Waals surface area contributed by atoms with Crippen LogP contribution in [0, 0.1) is 6.92 Å². The van der Waals surface area contributed by atoms with Crippen LogP contribution >= 0.6 is 11.3 Å². The van der Waals surface area contributed by atoms with Gasteiger partial charge in [-0.3, -0.25) is 9.36 Å². The van der Waals surface area contributed by atoms with Crippen LogP contribution < -0.4 is 5.32 Å². The van der Waals surface area contributed by atoms with Gasteiger partial charge in [-0.1, -0.05) is 41.7 Å². The third kappa shape index (κ3) is 3.65. The zero-order chi connectivity index (χ0) is 17.9. The normalized spacial score (nSPS) is 12.2. The highest BCUT2D eigenvalue weighted by atomic mass is 32.1. The molecule has 3 heterocycles. The molecule has 132 valence electrons. The van der Waals surface area contributed by atoms with Crippen molar-refractivity contribution in [1.82, 2.24) is 29.8 Å². The SMILES string of the molecule is Cc1ccn([C@@H](C)c2nnc(Nc3ccn(Cc4ccccc4)n3)s2)n1. The maximum Gasteiger partial charge on any atom is 0.211 e. The molecule has 0 bridgehead atoms. The molecule has 0 fully saturated rings. The van der Waals surface area contributed by atoms with Gasteiger partial charge in [-0.2, -0.15) is 10.2 Å². The van der Waals surface area contributed by atoms with Gasteiger partial charge < -0.3 is 5.32 Å². The first-order chi connectivity index (χ1) is 12.7. The Bertz CT molecular complexity index is 986. The number of aryl methyl sites for hydroxylation is 1. The average Bonchev–Trinajstić information content (AvgIpc) is 3.38. The molecule has 0 aliphatic heterocycles. The summed E-state index contributed by atoms with van der Waals surface area (Å²) in [6.45, 7) is 4.77. The summed E-state index contributed by atoms with van der Waals surface area (Å²) in [6, 6.07) is 14.2. The number of rotatable bonds is 6. The summed E-state index contributed by atoms with van der Waals surface area (Å²) in [5.74, 6) is 0.756. The maximum atomic E-state index is 4.54. The van der Waals surface area contributed by atoms with Crippen LogP contribution in [0.1, 0.15) is 29.2 Å². The lowest BCUT2D eigenvalue weighted by atomic mass is 10.2. The summed E-state index contributed by atoms with van der Waals surface area (Å²) in [6.07, 6.45) is 3.91. The fraction of sp³-hybridized carbons (Fsp3) is 0.222. The molecular formula is C18H19N7S. The largest absolute Gasteiger partial charge is 0.313 e. The van der Waals surface area contributed by atoms with Crippen molar-refractivity contribution in [2.45, 2.75) is 26.4 Å². The monoisotopic (exact) mass is 365 g/mol. The summed E-state index contributed by atoms with van der Waals surface area (Å²) >= 11 is 1.51. The molecule has 0 aliphatic rings. The van der Waals surface area contributed by atoms with Crippen LogP contribution in [0.3, 0.4) is 0 Å². The van der Waals surface area contributed by atoms with E-state index in [-0.39, 0.29) is 6.04 Å². The lowest BCUT2D eigenvalue weighted by molar-refractivity contribution is 0.554. The Kier molecular flexibility index (Phi) is 4.49. The van der Waals surface area contributed by atoms with Gasteiger partial charge in [0.2, 0.25) is 5.13 Å². The van der Waals surface area contributed by atoms with Crippen molar-refractivity contribution in [3.63, 3.8) is 0 Å². The predicted molar refractivity (Wildman–Crippen MR) is 102 cm³/mol. The second-order valence-corrected chi connectivity index (χ2v) is 7.08. The molecule has 0 radical (unpaired) electrons. The van der Waals surface area contributed by atoms with Gasteiger partial charge in [-0.15, -0.1) is 10.2 Å². The molecule has 4 aromatic rings. The highest BCUT2D eigenvalue weighted by Crippen LogP contribution is 2.26. The first-order valence-corrected chi connectivity index (χ1v) is 9.18. The minimum Gasteiger partial charge on any atom is -0.313 e. The second-order valence-electron chi connectivity index (χ2n) is 6.07. The fourth-order valence-corrected chi connectivity index (χ4v) is 3.41. The summed E-state index contributed by atoms with van der Waals surface area (Å²) in [5, 5.41) is 22.3. The van der Waals surface area contributed by atoms with Crippen LogP contribution in [0.5, 0.6) is 0 Å². The Morgan fingerprint density at radius 3 is 2.65 bits per heavy atom. The molecule has 8 heteroatoms. The molecule has 26 heavy (non-hydrogen) atoms. The maximum absolute atomic E-state index is 4.54. The van der Waals surface area contributed by atoms with Gasteiger partial charge in [0.25, 0.3) is 0 Å². The first kappa shape index (κ1) is 16.5. The van der Waals surface area contributed by atoms with E-state index in [1.807, 2.05) is 59.0 Å². The Labute approximate surface area is 155 Å². The fourth-order valence-electron chi connectivity index (χ4n) is 2.61. The summed E-state index contributed by atoms with van der Waals surface area (Å²) < 4.78 is 3.79. The zero-order valence-corrected chi connectivity index (χ0v) is 15.4. The Hall–Kier alpha value is -3.00. The van der Waals surface area contributed by atoms with E-state index in [1.54, 1.807) is 0 Å². The molecule has 0 spiro atoms. The van der Waals surface area contributed by atoms with Gasteiger partial charge in [0, 0.05) is 18.5 Å². The number of nitrogens with zero attached hydrogens (tertiary/aromatic N) is 6. The molecule has 0 unspecified atom stereocenters. The molecule has 4 rings (SSSR count). The van der Waals surface area contributed by atoms with Crippen LogP contribution in [0.25, 0.3) is 0 Å². The Balaban J connectivity index is 1.43. The lowest BCUT2D eigenvalue weighted by Crippen LogP contribution is -2.07. The zero-order valence-electron chi connectivity index (χ0n) is 14.6. The standard InChI is InChI=1S/C18H19N7S/c1-13-8-11-25(22-13)14(2)17-20-21-18(26-17)19-16-9-10-24(23-16)12-15-6-4-3-5-7-15/h3-11,14H,12H2,1-2H3,(H,19,21,23)/t14-/m0/s1. The number of hydrogen-bond acceptors (Lipinski definition) is 6. The molecule has 0 aliphatic carbocycles. The van der Waals surface area contributed by atoms with E-state index in [1.165, 1.54) is 16.9 Å². The third-order valence-electron chi connectivity index (χ3n) is 4.00. The number of anilines is 2. The number of benzene rings is 1. The summed E-state index contributed by atoms with van der Waals surface area (Å²) in [7, 11) is 0. The van der Waals surface area contributed by atoms with Gasteiger partial charge in [0.05, 0.1) is 12.2 Å². The van der Waals surface area contributed by atoms with Gasteiger partial charge in [-0.05, 0) is 25.5 Å².